The monoisotopic (exact) mass is 206 g/mol. The molecule has 2 aliphatic carbocycles. The van der Waals surface area contributed by atoms with Crippen molar-refractivity contribution in [1.82, 2.24) is 4.90 Å². The summed E-state index contributed by atoms with van der Waals surface area (Å²) in [6, 6.07) is 0. The van der Waals surface area contributed by atoms with Crippen LogP contribution < -0.4 is 5.73 Å². The number of allylic oxidation sites excluding steroid dienone is 2. The highest BCUT2D eigenvalue weighted by molar-refractivity contribution is 6.06. The van der Waals surface area contributed by atoms with Crippen LogP contribution in [0.15, 0.2) is 12.2 Å². The molecule has 1 saturated carbocycles. The minimum Gasteiger partial charge on any atom is -0.329 e. The summed E-state index contributed by atoms with van der Waals surface area (Å²) in [5.41, 5.74) is 5.41. The average molecular weight is 206 g/mol. The summed E-state index contributed by atoms with van der Waals surface area (Å²) in [6.07, 6.45) is 5.19. The minimum absolute atomic E-state index is 0.00676. The summed E-state index contributed by atoms with van der Waals surface area (Å²) in [5.74, 6) is 0.483. The van der Waals surface area contributed by atoms with Gasteiger partial charge in [-0.3, -0.25) is 14.5 Å². The molecule has 2 fully saturated rings. The zero-order valence-corrected chi connectivity index (χ0v) is 8.43. The number of hydrogen-bond acceptors (Lipinski definition) is 3. The van der Waals surface area contributed by atoms with Crippen molar-refractivity contribution >= 4 is 11.8 Å². The van der Waals surface area contributed by atoms with Gasteiger partial charge in [-0.15, -0.1) is 0 Å². The number of nitrogens with zero attached hydrogens (tertiary/aromatic N) is 1. The largest absolute Gasteiger partial charge is 0.329 e. The molecule has 3 unspecified atom stereocenters. The molecule has 3 aliphatic rings. The van der Waals surface area contributed by atoms with E-state index in [0.717, 1.165) is 6.42 Å². The van der Waals surface area contributed by atoms with Gasteiger partial charge < -0.3 is 5.73 Å². The fourth-order valence-electron chi connectivity index (χ4n) is 3.31. The predicted molar refractivity (Wildman–Crippen MR) is 53.5 cm³/mol. The van der Waals surface area contributed by atoms with Crippen LogP contribution in [0.25, 0.3) is 0 Å². The van der Waals surface area contributed by atoms with E-state index in [-0.39, 0.29) is 23.7 Å². The van der Waals surface area contributed by atoms with Gasteiger partial charge in [-0.2, -0.15) is 0 Å². The summed E-state index contributed by atoms with van der Waals surface area (Å²) in [6.45, 7) is 0.740. The third-order valence-corrected chi connectivity index (χ3v) is 3.91. The van der Waals surface area contributed by atoms with Crippen LogP contribution in [0, 0.1) is 23.7 Å². The fourth-order valence-corrected chi connectivity index (χ4v) is 3.31. The first-order chi connectivity index (χ1) is 7.24. The molecule has 4 heteroatoms. The molecule has 2 N–H and O–H groups in total. The Morgan fingerprint density at radius 2 is 1.73 bits per heavy atom. The molecule has 0 spiro atoms. The van der Waals surface area contributed by atoms with Crippen molar-refractivity contribution in [3.63, 3.8) is 0 Å². The molecule has 3 rings (SSSR count). The molecule has 0 aromatic rings. The number of rotatable bonds is 2. The molecular weight excluding hydrogens is 192 g/mol. The van der Waals surface area contributed by atoms with Crippen molar-refractivity contribution in [3.05, 3.63) is 12.2 Å². The second-order valence-electron chi connectivity index (χ2n) is 4.62. The van der Waals surface area contributed by atoms with Gasteiger partial charge in [0.25, 0.3) is 0 Å². The van der Waals surface area contributed by atoms with Crippen molar-refractivity contribution in [3.8, 4) is 0 Å². The van der Waals surface area contributed by atoms with Gasteiger partial charge in [-0.25, -0.2) is 0 Å². The Kier molecular flexibility index (Phi) is 1.77. The maximum Gasteiger partial charge on any atom is 0.233 e. The van der Waals surface area contributed by atoms with Crippen LogP contribution in [0.4, 0.5) is 0 Å². The van der Waals surface area contributed by atoms with E-state index in [2.05, 4.69) is 12.2 Å². The zero-order chi connectivity index (χ0) is 10.6. The number of nitrogens with two attached hydrogens (primary N) is 1. The predicted octanol–water partition coefficient (Wildman–Crippen LogP) is -0.248. The summed E-state index contributed by atoms with van der Waals surface area (Å²) in [7, 11) is 0. The summed E-state index contributed by atoms with van der Waals surface area (Å²) in [4.78, 5) is 25.3. The Morgan fingerprint density at radius 3 is 2.20 bits per heavy atom. The molecule has 15 heavy (non-hydrogen) atoms. The van der Waals surface area contributed by atoms with E-state index in [9.17, 15) is 9.59 Å². The van der Waals surface area contributed by atoms with Gasteiger partial charge in [0.2, 0.25) is 11.8 Å². The number of imide groups is 1. The maximum absolute atomic E-state index is 12.0. The Balaban J connectivity index is 1.93. The second-order valence-corrected chi connectivity index (χ2v) is 4.62. The molecule has 2 amide bonds. The van der Waals surface area contributed by atoms with E-state index in [1.165, 1.54) is 4.90 Å². The average Bonchev–Trinajstić information content (AvgIpc) is 2.87. The van der Waals surface area contributed by atoms with E-state index >= 15 is 0 Å². The number of carbonyl (C=O) groups is 2. The van der Waals surface area contributed by atoms with Crippen LogP contribution in [0.5, 0.6) is 0 Å². The highest BCUT2D eigenvalue weighted by Crippen LogP contribution is 2.52. The first kappa shape index (κ1) is 9.09. The third kappa shape index (κ3) is 1.00. The molecule has 2 bridgehead atoms. The lowest BCUT2D eigenvalue weighted by Gasteiger charge is -2.15. The van der Waals surface area contributed by atoms with Crippen LogP contribution in [-0.4, -0.2) is 29.8 Å². The van der Waals surface area contributed by atoms with Crippen molar-refractivity contribution < 1.29 is 9.59 Å². The number of amides is 2. The van der Waals surface area contributed by atoms with Crippen LogP contribution in [-0.2, 0) is 9.59 Å². The van der Waals surface area contributed by atoms with Crippen LogP contribution in [0.1, 0.15) is 6.42 Å². The highest BCUT2D eigenvalue weighted by atomic mass is 16.2. The van der Waals surface area contributed by atoms with E-state index in [1.807, 2.05) is 0 Å². The Morgan fingerprint density at radius 1 is 1.20 bits per heavy atom. The Hall–Kier alpha value is -1.16. The molecule has 80 valence electrons. The lowest BCUT2D eigenvalue weighted by atomic mass is 9.85. The van der Waals surface area contributed by atoms with Crippen molar-refractivity contribution in [2.75, 3.05) is 13.1 Å². The first-order valence-corrected chi connectivity index (χ1v) is 5.47. The lowest BCUT2D eigenvalue weighted by Crippen LogP contribution is -2.36. The van der Waals surface area contributed by atoms with E-state index in [0.29, 0.717) is 24.9 Å². The zero-order valence-electron chi connectivity index (χ0n) is 8.43. The summed E-state index contributed by atoms with van der Waals surface area (Å²) >= 11 is 0. The maximum atomic E-state index is 12.0. The molecule has 1 heterocycles. The van der Waals surface area contributed by atoms with Gasteiger partial charge >= 0.3 is 0 Å². The number of carbonyl (C=O) groups excluding carboxylic acids is 2. The van der Waals surface area contributed by atoms with Crippen molar-refractivity contribution in [2.45, 2.75) is 6.42 Å². The van der Waals surface area contributed by atoms with Gasteiger partial charge in [-0.05, 0) is 18.3 Å². The second kappa shape index (κ2) is 2.92. The van der Waals surface area contributed by atoms with Gasteiger partial charge in [0.1, 0.15) is 0 Å². The molecule has 0 aromatic carbocycles. The number of fused-ring (bicyclic) bond motifs is 5. The molecule has 1 saturated heterocycles. The van der Waals surface area contributed by atoms with Crippen LogP contribution >= 0.6 is 0 Å². The van der Waals surface area contributed by atoms with Gasteiger partial charge in [-0.1, -0.05) is 12.2 Å². The van der Waals surface area contributed by atoms with Crippen LogP contribution in [0.3, 0.4) is 0 Å². The molecule has 1 aliphatic heterocycles. The topological polar surface area (TPSA) is 63.4 Å². The van der Waals surface area contributed by atoms with E-state index < -0.39 is 0 Å². The Labute approximate surface area is 88.1 Å². The Bertz CT molecular complexity index is 334. The molecule has 0 aromatic heterocycles. The smallest absolute Gasteiger partial charge is 0.233 e. The lowest BCUT2D eigenvalue weighted by molar-refractivity contribution is -0.140. The standard InChI is InChI=1S/C11H14N2O2/c12-3-4-13-10(14)8-6-1-2-7(5-6)9(8)11(13)15/h1-2,6-9H,3-5,12H2/t6-,7?,8?,9?/m0/s1. The summed E-state index contributed by atoms with van der Waals surface area (Å²) in [5, 5.41) is 0. The normalized spacial score (nSPS) is 41.8. The highest BCUT2D eigenvalue weighted by Gasteiger charge is 2.58. The van der Waals surface area contributed by atoms with Gasteiger partial charge in [0.05, 0.1) is 11.8 Å². The SMILES string of the molecule is NCCN1C(=O)C2C3C=C[C@@H](C3)C2C1=O. The number of likely N-dealkylation sites (tertiary alicyclic amines) is 1. The first-order valence-electron chi connectivity index (χ1n) is 5.47. The molecular formula is C11H14N2O2. The van der Waals surface area contributed by atoms with Crippen molar-refractivity contribution in [1.29, 1.82) is 0 Å². The van der Waals surface area contributed by atoms with E-state index in [4.69, 9.17) is 5.73 Å². The van der Waals surface area contributed by atoms with Gasteiger partial charge in [0, 0.05) is 13.1 Å². The third-order valence-electron chi connectivity index (χ3n) is 3.91. The van der Waals surface area contributed by atoms with Crippen molar-refractivity contribution in [2.24, 2.45) is 29.4 Å². The molecule has 0 radical (unpaired) electrons. The number of hydrogen-bond donors (Lipinski definition) is 1. The van der Waals surface area contributed by atoms with Crippen LogP contribution in [0.2, 0.25) is 0 Å². The van der Waals surface area contributed by atoms with Gasteiger partial charge in [0.15, 0.2) is 0 Å². The minimum atomic E-state index is -0.0703. The van der Waals surface area contributed by atoms with E-state index in [1.54, 1.807) is 0 Å². The fraction of sp³-hybridized carbons (Fsp3) is 0.636. The molecule has 4 nitrogen and oxygen atoms in total. The molecule has 4 atom stereocenters. The quantitative estimate of drug-likeness (QED) is 0.500. The summed E-state index contributed by atoms with van der Waals surface area (Å²) < 4.78 is 0.